The molecule has 0 N–H and O–H groups in total. The fraction of sp³-hybridized carbons (Fsp3) is 0.261. The van der Waals surface area contributed by atoms with E-state index < -0.39 is 0 Å². The van der Waals surface area contributed by atoms with Crippen LogP contribution in [-0.2, 0) is 12.8 Å². The smallest absolute Gasteiger partial charge is 0.00990 e. The fourth-order valence-corrected chi connectivity index (χ4v) is 6.62. The summed E-state index contributed by atoms with van der Waals surface area (Å²) in [7, 11) is 0. The van der Waals surface area contributed by atoms with Crippen molar-refractivity contribution in [3.05, 3.63) is 143 Å². The number of rotatable bonds is 14. The molecule has 0 nitrogen and oxygen atoms in total. The molecule has 0 spiro atoms. The lowest BCUT2D eigenvalue weighted by Gasteiger charge is -2.09. The van der Waals surface area contributed by atoms with Crippen LogP contribution < -0.4 is 0 Å². The first-order chi connectivity index (χ1) is 22.7. The van der Waals surface area contributed by atoms with Crippen molar-refractivity contribution in [2.24, 2.45) is 0 Å². The van der Waals surface area contributed by atoms with E-state index in [-0.39, 0.29) is 0 Å². The van der Waals surface area contributed by atoms with Gasteiger partial charge >= 0.3 is 0 Å². The molecule has 0 radical (unpaired) electrons. The first kappa shape index (κ1) is 31.6. The molecule has 0 aliphatic heterocycles. The fourth-order valence-electron chi connectivity index (χ4n) is 6.62. The zero-order valence-corrected chi connectivity index (χ0v) is 27.8. The third kappa shape index (κ3) is 8.04. The molecule has 46 heavy (non-hydrogen) atoms. The van der Waals surface area contributed by atoms with Gasteiger partial charge in [0.25, 0.3) is 0 Å². The maximum atomic E-state index is 2.31. The molecule has 232 valence electrons. The third-order valence-corrected chi connectivity index (χ3v) is 9.41. The Balaban J connectivity index is 1.14. The minimum Gasteiger partial charge on any atom is -0.0654 e. The van der Waals surface area contributed by atoms with E-state index in [2.05, 4.69) is 147 Å². The van der Waals surface area contributed by atoms with Crippen LogP contribution in [0.2, 0.25) is 0 Å². The summed E-state index contributed by atoms with van der Waals surface area (Å²) >= 11 is 0. The van der Waals surface area contributed by atoms with Gasteiger partial charge in [-0.2, -0.15) is 0 Å². The van der Waals surface area contributed by atoms with Crippen molar-refractivity contribution in [2.45, 2.75) is 78.1 Å². The SMILES string of the molecule is CCCCCCc1ccc(C=Cc2ccc3c(ccc4c5ccc(C=Cc6ccc(CCCCCC)cc6)cc5ccc34)c2)cc1. The molecule has 0 heteroatoms. The van der Waals surface area contributed by atoms with Gasteiger partial charge in [-0.05, 0) is 104 Å². The van der Waals surface area contributed by atoms with Crippen molar-refractivity contribution >= 4 is 56.6 Å². The average Bonchev–Trinajstić information content (AvgIpc) is 3.10. The Labute approximate surface area is 276 Å². The van der Waals surface area contributed by atoms with Crippen molar-refractivity contribution in [3.63, 3.8) is 0 Å². The summed E-state index contributed by atoms with van der Waals surface area (Å²) in [6, 6.07) is 41.0. The zero-order valence-electron chi connectivity index (χ0n) is 27.8. The van der Waals surface area contributed by atoms with Gasteiger partial charge in [0.15, 0.2) is 0 Å². The lowest BCUT2D eigenvalue weighted by molar-refractivity contribution is 0.667. The molecule has 0 aliphatic carbocycles. The largest absolute Gasteiger partial charge is 0.0654 e. The second-order valence-corrected chi connectivity index (χ2v) is 13.0. The van der Waals surface area contributed by atoms with E-state index in [0.717, 1.165) is 0 Å². The van der Waals surface area contributed by atoms with Gasteiger partial charge in [-0.15, -0.1) is 0 Å². The van der Waals surface area contributed by atoms with E-state index >= 15 is 0 Å². The van der Waals surface area contributed by atoms with Gasteiger partial charge in [0.05, 0.1) is 0 Å². The Morgan fingerprint density at radius 1 is 0.348 bits per heavy atom. The molecule has 0 saturated heterocycles. The molecular formula is C46H48. The molecule has 0 saturated carbocycles. The van der Waals surface area contributed by atoms with Crippen LogP contribution in [0.3, 0.4) is 0 Å². The minimum absolute atomic E-state index is 1.18. The molecule has 6 aromatic rings. The average molecular weight is 601 g/mol. The van der Waals surface area contributed by atoms with Crippen LogP contribution in [0.15, 0.2) is 109 Å². The lowest BCUT2D eigenvalue weighted by atomic mass is 9.95. The van der Waals surface area contributed by atoms with Crippen LogP contribution in [-0.4, -0.2) is 0 Å². The summed E-state index contributed by atoms with van der Waals surface area (Å²) < 4.78 is 0. The molecule has 0 aliphatic rings. The summed E-state index contributed by atoms with van der Waals surface area (Å²) in [6.07, 6.45) is 21.8. The van der Waals surface area contributed by atoms with E-state index in [1.807, 2.05) is 0 Å². The summed E-state index contributed by atoms with van der Waals surface area (Å²) in [5.74, 6) is 0. The normalized spacial score (nSPS) is 12.0. The number of hydrogen-bond donors (Lipinski definition) is 0. The maximum Gasteiger partial charge on any atom is -0.00990 e. The standard InChI is InChI=1S/C46H48/c1-3-5-7-9-11-35-13-17-37(18-14-35)21-23-39-25-29-43-41(33-39)27-31-46-44-30-26-40(34-42(44)28-32-45(43)46)24-22-38-19-15-36(16-20-38)12-10-8-6-4-2/h13-34H,3-12H2,1-2H3. The highest BCUT2D eigenvalue weighted by atomic mass is 14.1. The summed E-state index contributed by atoms with van der Waals surface area (Å²) in [6.45, 7) is 4.54. The molecule has 6 rings (SSSR count). The second-order valence-electron chi connectivity index (χ2n) is 13.0. The molecule has 0 unspecified atom stereocenters. The minimum atomic E-state index is 1.18. The number of fused-ring (bicyclic) bond motifs is 5. The summed E-state index contributed by atoms with van der Waals surface area (Å²) in [5.41, 5.74) is 7.86. The van der Waals surface area contributed by atoms with Gasteiger partial charge in [-0.25, -0.2) is 0 Å². The Bertz CT molecular complexity index is 1790. The van der Waals surface area contributed by atoms with E-state index in [4.69, 9.17) is 0 Å². The Morgan fingerprint density at radius 2 is 0.717 bits per heavy atom. The van der Waals surface area contributed by atoms with Crippen LogP contribution in [0.1, 0.15) is 98.6 Å². The number of aryl methyl sites for hydroxylation is 2. The van der Waals surface area contributed by atoms with Gasteiger partial charge in [0.1, 0.15) is 0 Å². The number of benzene rings is 6. The first-order valence-corrected chi connectivity index (χ1v) is 17.6. The van der Waals surface area contributed by atoms with E-state index in [1.54, 1.807) is 0 Å². The molecular weight excluding hydrogens is 553 g/mol. The highest BCUT2D eigenvalue weighted by Crippen LogP contribution is 2.33. The molecule has 6 aromatic carbocycles. The monoisotopic (exact) mass is 600 g/mol. The van der Waals surface area contributed by atoms with Crippen molar-refractivity contribution in [2.75, 3.05) is 0 Å². The number of unbranched alkanes of at least 4 members (excludes halogenated alkanes) is 6. The molecule has 0 atom stereocenters. The highest BCUT2D eigenvalue weighted by molar-refractivity contribution is 6.17. The molecule has 0 heterocycles. The van der Waals surface area contributed by atoms with Crippen LogP contribution in [0.4, 0.5) is 0 Å². The predicted molar refractivity (Wildman–Crippen MR) is 205 cm³/mol. The lowest BCUT2D eigenvalue weighted by Crippen LogP contribution is -1.86. The number of hydrogen-bond acceptors (Lipinski definition) is 0. The topological polar surface area (TPSA) is 0 Å². The van der Waals surface area contributed by atoms with Gasteiger partial charge in [0.2, 0.25) is 0 Å². The molecule has 0 bridgehead atoms. The van der Waals surface area contributed by atoms with Gasteiger partial charge in [0, 0.05) is 0 Å². The van der Waals surface area contributed by atoms with Crippen molar-refractivity contribution in [3.8, 4) is 0 Å². The highest BCUT2D eigenvalue weighted by Gasteiger charge is 2.06. The van der Waals surface area contributed by atoms with Gasteiger partial charge in [-0.1, -0.05) is 174 Å². The Hall–Kier alpha value is -4.42. The van der Waals surface area contributed by atoms with Crippen molar-refractivity contribution < 1.29 is 0 Å². The predicted octanol–water partition coefficient (Wildman–Crippen LogP) is 13.7. The van der Waals surface area contributed by atoms with E-state index in [1.165, 1.54) is 130 Å². The second kappa shape index (κ2) is 15.7. The van der Waals surface area contributed by atoms with Crippen molar-refractivity contribution in [1.29, 1.82) is 0 Å². The molecule has 0 amide bonds. The van der Waals surface area contributed by atoms with Gasteiger partial charge < -0.3 is 0 Å². The van der Waals surface area contributed by atoms with Crippen LogP contribution in [0.25, 0.3) is 56.6 Å². The summed E-state index contributed by atoms with van der Waals surface area (Å²) in [5, 5.41) is 7.80. The van der Waals surface area contributed by atoms with Gasteiger partial charge in [-0.3, -0.25) is 0 Å². The van der Waals surface area contributed by atoms with Crippen LogP contribution in [0, 0.1) is 0 Å². The van der Waals surface area contributed by atoms with E-state index in [0.29, 0.717) is 0 Å². The molecule has 0 fully saturated rings. The Kier molecular flexibility index (Phi) is 10.8. The quantitative estimate of drug-likeness (QED) is 0.0663. The maximum absolute atomic E-state index is 2.31. The first-order valence-electron chi connectivity index (χ1n) is 17.6. The van der Waals surface area contributed by atoms with Crippen LogP contribution in [0.5, 0.6) is 0 Å². The molecule has 0 aromatic heterocycles. The third-order valence-electron chi connectivity index (χ3n) is 9.41. The Morgan fingerprint density at radius 3 is 1.13 bits per heavy atom. The van der Waals surface area contributed by atoms with Crippen molar-refractivity contribution in [1.82, 2.24) is 0 Å². The van der Waals surface area contributed by atoms with Crippen LogP contribution >= 0.6 is 0 Å². The zero-order chi connectivity index (χ0) is 31.6. The summed E-state index contributed by atoms with van der Waals surface area (Å²) in [4.78, 5) is 0. The van der Waals surface area contributed by atoms with E-state index in [9.17, 15) is 0 Å².